The van der Waals surface area contributed by atoms with Gasteiger partial charge in [-0.1, -0.05) is 0 Å². The second-order valence-corrected chi connectivity index (χ2v) is 8.72. The van der Waals surface area contributed by atoms with Crippen molar-refractivity contribution < 1.29 is 0 Å². The molecule has 0 atom stereocenters. The molecule has 110 valence electrons. The Bertz CT molecular complexity index is 840. The molecule has 4 heteroatoms. The van der Waals surface area contributed by atoms with E-state index in [2.05, 4.69) is 76.0 Å². The normalized spacial score (nSPS) is 15.3. The first kappa shape index (κ1) is 14.3. The third-order valence-corrected chi connectivity index (χ3v) is 6.71. The van der Waals surface area contributed by atoms with Gasteiger partial charge in [0.2, 0.25) is 0 Å². The SMILES string of the molecule is CC1(C)c2cccnc2N(c2ccc[se]2)c2c(Br)cccc21. The molecule has 0 saturated heterocycles. The van der Waals surface area contributed by atoms with Crippen molar-refractivity contribution in [2.45, 2.75) is 19.3 Å². The van der Waals surface area contributed by atoms with Gasteiger partial charge >= 0.3 is 145 Å². The first-order valence-electron chi connectivity index (χ1n) is 7.19. The molecule has 1 aliphatic heterocycles. The number of hydrogen-bond donors (Lipinski definition) is 0. The number of rotatable bonds is 1. The predicted octanol–water partition coefficient (Wildman–Crippen LogP) is 5.01. The molecule has 0 bridgehead atoms. The predicted molar refractivity (Wildman–Crippen MR) is 95.7 cm³/mol. The van der Waals surface area contributed by atoms with E-state index in [-0.39, 0.29) is 5.41 Å². The second kappa shape index (κ2) is 5.09. The van der Waals surface area contributed by atoms with Gasteiger partial charge in [0, 0.05) is 0 Å². The Kier molecular flexibility index (Phi) is 3.30. The number of pyridine rings is 1. The van der Waals surface area contributed by atoms with E-state index in [9.17, 15) is 0 Å². The summed E-state index contributed by atoms with van der Waals surface area (Å²) in [6, 6.07) is 15.1. The fourth-order valence-electron chi connectivity index (χ4n) is 3.17. The summed E-state index contributed by atoms with van der Waals surface area (Å²) >= 11 is 4.11. The van der Waals surface area contributed by atoms with Crippen LogP contribution in [-0.4, -0.2) is 19.5 Å². The minimum atomic E-state index is -0.0567. The minimum absolute atomic E-state index is 0.0567. The van der Waals surface area contributed by atoms with Crippen molar-refractivity contribution >= 4 is 46.5 Å². The van der Waals surface area contributed by atoms with Crippen LogP contribution >= 0.6 is 15.9 Å². The van der Waals surface area contributed by atoms with Gasteiger partial charge in [-0.25, -0.2) is 0 Å². The van der Waals surface area contributed by atoms with Crippen molar-refractivity contribution in [3.63, 3.8) is 0 Å². The van der Waals surface area contributed by atoms with Crippen molar-refractivity contribution in [1.29, 1.82) is 0 Å². The van der Waals surface area contributed by atoms with Crippen LogP contribution in [0.1, 0.15) is 25.0 Å². The number of hydrogen-bond acceptors (Lipinski definition) is 2. The third kappa shape index (κ3) is 1.95. The van der Waals surface area contributed by atoms with Gasteiger partial charge in [0.1, 0.15) is 0 Å². The number of benzene rings is 1. The topological polar surface area (TPSA) is 16.1 Å². The van der Waals surface area contributed by atoms with E-state index in [1.807, 2.05) is 12.3 Å². The zero-order valence-electron chi connectivity index (χ0n) is 12.4. The van der Waals surface area contributed by atoms with Gasteiger partial charge in [-0.15, -0.1) is 0 Å². The number of nitrogens with zero attached hydrogens (tertiary/aromatic N) is 2. The van der Waals surface area contributed by atoms with E-state index >= 15 is 0 Å². The summed E-state index contributed by atoms with van der Waals surface area (Å²) in [7, 11) is 0. The molecule has 0 aliphatic carbocycles. The quantitative estimate of drug-likeness (QED) is 0.517. The zero-order chi connectivity index (χ0) is 15.3. The van der Waals surface area contributed by atoms with Gasteiger partial charge in [-0.2, -0.15) is 0 Å². The second-order valence-electron chi connectivity index (χ2n) is 5.92. The molecule has 0 amide bonds. The molecule has 3 aromatic rings. The molecule has 4 rings (SSSR count). The van der Waals surface area contributed by atoms with Crippen LogP contribution in [0, 0.1) is 0 Å². The average molecular weight is 418 g/mol. The van der Waals surface area contributed by atoms with E-state index in [0.29, 0.717) is 14.5 Å². The molecule has 22 heavy (non-hydrogen) atoms. The summed E-state index contributed by atoms with van der Waals surface area (Å²) in [6.45, 7) is 4.56. The molecule has 0 spiro atoms. The standard InChI is InChI=1S/C18H15BrN2Se/c1-18(2)12-6-3-8-14(19)16(12)21(15-9-5-11-22-15)17-13(18)7-4-10-20-17/h3-11H,1-2H3. The molecule has 1 aliphatic rings. The summed E-state index contributed by atoms with van der Waals surface area (Å²) in [4.78, 5) is 9.31. The van der Waals surface area contributed by atoms with Crippen LogP contribution in [0.5, 0.6) is 0 Å². The molecule has 0 fully saturated rings. The van der Waals surface area contributed by atoms with Gasteiger partial charge in [0.05, 0.1) is 0 Å². The van der Waals surface area contributed by atoms with E-state index in [1.165, 1.54) is 21.4 Å². The molecule has 0 radical (unpaired) electrons. The Morgan fingerprint density at radius 3 is 2.64 bits per heavy atom. The maximum atomic E-state index is 4.73. The van der Waals surface area contributed by atoms with Crippen molar-refractivity contribution in [3.8, 4) is 0 Å². The first-order chi connectivity index (χ1) is 10.6. The van der Waals surface area contributed by atoms with Crippen LogP contribution in [0.25, 0.3) is 0 Å². The third-order valence-electron chi connectivity index (χ3n) is 4.28. The van der Waals surface area contributed by atoms with Crippen molar-refractivity contribution in [2.24, 2.45) is 0 Å². The molecule has 2 nitrogen and oxygen atoms in total. The Balaban J connectivity index is 2.10. The Labute approximate surface area is 144 Å². The molecule has 0 N–H and O–H groups in total. The number of anilines is 3. The van der Waals surface area contributed by atoms with Crippen LogP contribution in [0.2, 0.25) is 0 Å². The van der Waals surface area contributed by atoms with Gasteiger partial charge in [-0.3, -0.25) is 0 Å². The molecule has 0 unspecified atom stereocenters. The fraction of sp³-hybridized carbons (Fsp3) is 0.167. The van der Waals surface area contributed by atoms with Crippen LogP contribution in [0.4, 0.5) is 16.1 Å². The Hall–Kier alpha value is -1.35. The fourth-order valence-corrected chi connectivity index (χ4v) is 5.26. The van der Waals surface area contributed by atoms with Gasteiger partial charge in [0.25, 0.3) is 0 Å². The molecule has 1 aromatic carbocycles. The summed E-state index contributed by atoms with van der Waals surface area (Å²) in [5.74, 6) is 1.06. The maximum absolute atomic E-state index is 4.73. The molecular formula is C18H15BrN2Se. The molecule has 2 aromatic heterocycles. The molecular weight excluding hydrogens is 403 g/mol. The van der Waals surface area contributed by atoms with Crippen molar-refractivity contribution in [2.75, 3.05) is 4.90 Å². The van der Waals surface area contributed by atoms with Crippen LogP contribution < -0.4 is 4.90 Å². The van der Waals surface area contributed by atoms with Crippen LogP contribution in [-0.2, 0) is 5.41 Å². The van der Waals surface area contributed by atoms with Crippen molar-refractivity contribution in [1.82, 2.24) is 4.98 Å². The van der Waals surface area contributed by atoms with E-state index in [1.54, 1.807) is 0 Å². The van der Waals surface area contributed by atoms with Gasteiger partial charge < -0.3 is 0 Å². The van der Waals surface area contributed by atoms with Crippen molar-refractivity contribution in [3.05, 3.63) is 69.2 Å². The van der Waals surface area contributed by atoms with E-state index in [0.717, 1.165) is 10.3 Å². The molecule has 0 saturated carbocycles. The van der Waals surface area contributed by atoms with E-state index in [4.69, 9.17) is 4.98 Å². The summed E-state index contributed by atoms with van der Waals surface area (Å²) < 4.78 is 2.45. The van der Waals surface area contributed by atoms with Gasteiger partial charge in [-0.05, 0) is 0 Å². The van der Waals surface area contributed by atoms with Gasteiger partial charge in [0.15, 0.2) is 0 Å². The zero-order valence-corrected chi connectivity index (χ0v) is 15.7. The summed E-state index contributed by atoms with van der Waals surface area (Å²) in [6.07, 6.45) is 1.89. The summed E-state index contributed by atoms with van der Waals surface area (Å²) in [5, 5.41) is 0. The number of fused-ring (bicyclic) bond motifs is 2. The number of aromatic nitrogens is 1. The first-order valence-corrected chi connectivity index (χ1v) is 9.82. The monoisotopic (exact) mass is 418 g/mol. The van der Waals surface area contributed by atoms with Crippen LogP contribution in [0.3, 0.4) is 0 Å². The van der Waals surface area contributed by atoms with Crippen LogP contribution in [0.15, 0.2) is 58.1 Å². The molecule has 3 heterocycles. The Morgan fingerprint density at radius 1 is 1.05 bits per heavy atom. The van der Waals surface area contributed by atoms with E-state index < -0.39 is 0 Å². The average Bonchev–Trinajstić information content (AvgIpc) is 3.03. The Morgan fingerprint density at radius 2 is 1.86 bits per heavy atom. The number of halogens is 1. The summed E-state index contributed by atoms with van der Waals surface area (Å²) in [5.41, 5.74) is 3.80. The number of para-hydroxylation sites is 1.